The second-order valence-electron chi connectivity index (χ2n) is 7.74. The van der Waals surface area contributed by atoms with Gasteiger partial charge in [0.05, 0.1) is 4.90 Å². The molecular formula is C23H24FN5O3S. The van der Waals surface area contributed by atoms with Crippen molar-refractivity contribution in [2.45, 2.75) is 18.4 Å². The quantitative estimate of drug-likeness (QED) is 0.596. The van der Waals surface area contributed by atoms with Crippen LogP contribution in [0.4, 0.5) is 10.2 Å². The summed E-state index contributed by atoms with van der Waals surface area (Å²) in [6.07, 6.45) is 0. The van der Waals surface area contributed by atoms with Crippen molar-refractivity contribution in [3.8, 4) is 0 Å². The molecule has 0 atom stereocenters. The minimum Gasteiger partial charge on any atom is -0.352 e. The molecule has 0 saturated carbocycles. The zero-order chi connectivity index (χ0) is 23.4. The molecule has 8 nitrogen and oxygen atoms in total. The van der Waals surface area contributed by atoms with Gasteiger partial charge in [-0.1, -0.05) is 30.3 Å². The maximum Gasteiger partial charge on any atom is 0.272 e. The number of halogens is 1. The highest BCUT2D eigenvalue weighted by Crippen LogP contribution is 2.22. The van der Waals surface area contributed by atoms with E-state index in [0.717, 1.165) is 11.1 Å². The van der Waals surface area contributed by atoms with Crippen LogP contribution in [0.3, 0.4) is 0 Å². The molecule has 1 amide bonds. The SMILES string of the molecule is Cc1ccccc1S(=O)(=O)N1CCN(c2ccc(C(=O)NCc3ccc(F)cc3)nn2)CC1. The Balaban J connectivity index is 1.34. The summed E-state index contributed by atoms with van der Waals surface area (Å²) in [5, 5.41) is 10.9. The number of carbonyl (C=O) groups is 1. The molecule has 0 spiro atoms. The van der Waals surface area contributed by atoms with E-state index in [4.69, 9.17) is 0 Å². The summed E-state index contributed by atoms with van der Waals surface area (Å²) in [5.41, 5.74) is 1.66. The van der Waals surface area contributed by atoms with Crippen LogP contribution in [0.25, 0.3) is 0 Å². The van der Waals surface area contributed by atoms with Gasteiger partial charge in [-0.3, -0.25) is 4.79 Å². The van der Waals surface area contributed by atoms with E-state index < -0.39 is 10.0 Å². The van der Waals surface area contributed by atoms with Crippen LogP contribution in [0, 0.1) is 12.7 Å². The van der Waals surface area contributed by atoms with Gasteiger partial charge in [-0.25, -0.2) is 12.8 Å². The predicted octanol–water partition coefficient (Wildman–Crippen LogP) is 2.37. The van der Waals surface area contributed by atoms with Gasteiger partial charge in [0.15, 0.2) is 11.5 Å². The molecule has 2 aromatic carbocycles. The molecule has 0 aliphatic carbocycles. The van der Waals surface area contributed by atoms with Crippen molar-refractivity contribution in [1.29, 1.82) is 0 Å². The topological polar surface area (TPSA) is 95.5 Å². The third-order valence-electron chi connectivity index (χ3n) is 5.52. The Morgan fingerprint density at radius 1 is 0.970 bits per heavy atom. The molecule has 1 N–H and O–H groups in total. The Morgan fingerprint density at radius 2 is 1.67 bits per heavy atom. The predicted molar refractivity (Wildman–Crippen MR) is 122 cm³/mol. The second-order valence-corrected chi connectivity index (χ2v) is 9.65. The number of rotatable bonds is 6. The van der Waals surface area contributed by atoms with Crippen molar-refractivity contribution in [3.05, 3.63) is 83.3 Å². The fraction of sp³-hybridized carbons (Fsp3) is 0.261. The second kappa shape index (κ2) is 9.63. The molecule has 172 valence electrons. The summed E-state index contributed by atoms with van der Waals surface area (Å²) in [5.74, 6) is -0.134. The van der Waals surface area contributed by atoms with Gasteiger partial charge in [-0.15, -0.1) is 10.2 Å². The first-order valence-corrected chi connectivity index (χ1v) is 12.0. The molecule has 0 radical (unpaired) electrons. The van der Waals surface area contributed by atoms with E-state index in [2.05, 4.69) is 15.5 Å². The van der Waals surface area contributed by atoms with Crippen molar-refractivity contribution >= 4 is 21.7 Å². The molecule has 10 heteroatoms. The van der Waals surface area contributed by atoms with Crippen LogP contribution >= 0.6 is 0 Å². The minimum absolute atomic E-state index is 0.168. The number of sulfonamides is 1. The van der Waals surface area contributed by atoms with Crippen LogP contribution in [0.5, 0.6) is 0 Å². The third-order valence-corrected chi connectivity index (χ3v) is 7.58. The molecule has 1 saturated heterocycles. The standard InChI is InChI=1S/C23H24FN5O3S/c1-17-4-2-3-5-21(17)33(31,32)29-14-12-28(13-15-29)22-11-10-20(26-27-22)23(30)25-16-18-6-8-19(24)9-7-18/h2-11H,12-16H2,1H3,(H,25,30). The van der Waals surface area contributed by atoms with Crippen LogP contribution in [0.1, 0.15) is 21.6 Å². The minimum atomic E-state index is -3.55. The normalized spacial score (nSPS) is 14.8. The smallest absolute Gasteiger partial charge is 0.272 e. The number of aromatic nitrogens is 2. The van der Waals surface area contributed by atoms with Gasteiger partial charge in [-0.2, -0.15) is 4.31 Å². The lowest BCUT2D eigenvalue weighted by Gasteiger charge is -2.34. The van der Waals surface area contributed by atoms with E-state index in [0.29, 0.717) is 36.9 Å². The van der Waals surface area contributed by atoms with Crippen molar-refractivity contribution in [2.24, 2.45) is 0 Å². The number of hydrogen-bond donors (Lipinski definition) is 1. The number of nitrogens with one attached hydrogen (secondary N) is 1. The Bertz CT molecular complexity index is 1230. The van der Waals surface area contributed by atoms with E-state index in [1.807, 2.05) is 11.0 Å². The van der Waals surface area contributed by atoms with E-state index in [1.165, 1.54) is 16.4 Å². The number of nitrogens with zero attached hydrogens (tertiary/aromatic N) is 4. The first kappa shape index (κ1) is 22.8. The van der Waals surface area contributed by atoms with Gasteiger partial charge < -0.3 is 10.2 Å². The highest BCUT2D eigenvalue weighted by atomic mass is 32.2. The Labute approximate surface area is 192 Å². The lowest BCUT2D eigenvalue weighted by Crippen LogP contribution is -2.49. The van der Waals surface area contributed by atoms with Crippen LogP contribution in [-0.2, 0) is 16.6 Å². The van der Waals surface area contributed by atoms with Gasteiger partial charge in [0, 0.05) is 32.7 Å². The van der Waals surface area contributed by atoms with Crippen LogP contribution in [0.2, 0.25) is 0 Å². The maximum atomic E-state index is 13.0. The molecule has 33 heavy (non-hydrogen) atoms. The molecule has 1 aliphatic heterocycles. The molecule has 1 aromatic heterocycles. The number of amides is 1. The van der Waals surface area contributed by atoms with Gasteiger partial charge in [-0.05, 0) is 48.4 Å². The summed E-state index contributed by atoms with van der Waals surface area (Å²) < 4.78 is 40.4. The average molecular weight is 470 g/mol. The van der Waals surface area contributed by atoms with E-state index >= 15 is 0 Å². The van der Waals surface area contributed by atoms with Crippen LogP contribution < -0.4 is 10.2 Å². The summed E-state index contributed by atoms with van der Waals surface area (Å²) in [6.45, 7) is 3.64. The van der Waals surface area contributed by atoms with Crippen LogP contribution in [-0.4, -0.2) is 55.0 Å². The molecule has 3 aromatic rings. The lowest BCUT2D eigenvalue weighted by molar-refractivity contribution is 0.0945. The first-order valence-electron chi connectivity index (χ1n) is 10.5. The molecule has 0 bridgehead atoms. The average Bonchev–Trinajstić information content (AvgIpc) is 2.84. The Kier molecular flexibility index (Phi) is 6.66. The summed E-state index contributed by atoms with van der Waals surface area (Å²) in [7, 11) is -3.55. The summed E-state index contributed by atoms with van der Waals surface area (Å²) in [4.78, 5) is 14.6. The van der Waals surface area contributed by atoms with Gasteiger partial charge >= 0.3 is 0 Å². The largest absolute Gasteiger partial charge is 0.352 e. The molecule has 4 rings (SSSR count). The molecular weight excluding hydrogens is 445 g/mol. The lowest BCUT2D eigenvalue weighted by atomic mass is 10.2. The monoisotopic (exact) mass is 469 g/mol. The number of aryl methyl sites for hydroxylation is 1. The van der Waals surface area contributed by atoms with Crippen molar-refractivity contribution in [3.63, 3.8) is 0 Å². The number of piperazine rings is 1. The highest BCUT2D eigenvalue weighted by Gasteiger charge is 2.30. The van der Waals surface area contributed by atoms with Gasteiger partial charge in [0.2, 0.25) is 10.0 Å². The van der Waals surface area contributed by atoms with Crippen molar-refractivity contribution < 1.29 is 17.6 Å². The zero-order valence-electron chi connectivity index (χ0n) is 18.1. The van der Waals surface area contributed by atoms with Gasteiger partial charge in [0.25, 0.3) is 5.91 Å². The van der Waals surface area contributed by atoms with Crippen molar-refractivity contribution in [1.82, 2.24) is 19.8 Å². The molecule has 2 heterocycles. The van der Waals surface area contributed by atoms with E-state index in [1.54, 1.807) is 49.4 Å². The fourth-order valence-corrected chi connectivity index (χ4v) is 5.28. The summed E-state index contributed by atoms with van der Waals surface area (Å²) >= 11 is 0. The molecule has 1 aliphatic rings. The van der Waals surface area contributed by atoms with E-state index in [-0.39, 0.29) is 24.0 Å². The van der Waals surface area contributed by atoms with Crippen LogP contribution in [0.15, 0.2) is 65.6 Å². The highest BCUT2D eigenvalue weighted by molar-refractivity contribution is 7.89. The molecule has 1 fully saturated rings. The fourth-order valence-electron chi connectivity index (χ4n) is 3.63. The number of hydrogen-bond acceptors (Lipinski definition) is 6. The number of benzene rings is 2. The maximum absolute atomic E-state index is 13.0. The first-order chi connectivity index (χ1) is 15.8. The Morgan fingerprint density at radius 3 is 2.30 bits per heavy atom. The van der Waals surface area contributed by atoms with Gasteiger partial charge in [0.1, 0.15) is 5.82 Å². The summed E-state index contributed by atoms with van der Waals surface area (Å²) in [6, 6.07) is 16.1. The Hall–Kier alpha value is -3.37. The van der Waals surface area contributed by atoms with E-state index in [9.17, 15) is 17.6 Å². The third kappa shape index (κ3) is 5.18. The van der Waals surface area contributed by atoms with Crippen molar-refractivity contribution in [2.75, 3.05) is 31.1 Å². The zero-order valence-corrected chi connectivity index (χ0v) is 18.9. The molecule has 0 unspecified atom stereocenters. The number of carbonyl (C=O) groups excluding carboxylic acids is 1. The number of anilines is 1.